The van der Waals surface area contributed by atoms with E-state index in [9.17, 15) is 4.79 Å². The maximum atomic E-state index is 11.8. The first kappa shape index (κ1) is 17.7. The number of ether oxygens (including phenoxy) is 2. The molecule has 0 fully saturated rings. The highest BCUT2D eigenvalue weighted by atomic mass is 16.5. The van der Waals surface area contributed by atoms with Crippen molar-refractivity contribution in [1.29, 1.82) is 0 Å². The van der Waals surface area contributed by atoms with Gasteiger partial charge >= 0.3 is 0 Å². The molecule has 128 valence electrons. The van der Waals surface area contributed by atoms with E-state index in [-0.39, 0.29) is 11.8 Å². The van der Waals surface area contributed by atoms with Crippen molar-refractivity contribution >= 4 is 17.3 Å². The Labute approximate surface area is 143 Å². The van der Waals surface area contributed by atoms with E-state index < -0.39 is 0 Å². The van der Waals surface area contributed by atoms with Crippen molar-refractivity contribution < 1.29 is 14.3 Å². The molecule has 2 N–H and O–H groups in total. The summed E-state index contributed by atoms with van der Waals surface area (Å²) < 4.78 is 10.5. The van der Waals surface area contributed by atoms with Crippen LogP contribution < -0.4 is 20.1 Å². The molecule has 0 radical (unpaired) electrons. The fourth-order valence-corrected chi connectivity index (χ4v) is 2.13. The number of methoxy groups -OCH3 is 2. The topological polar surface area (TPSA) is 59.6 Å². The highest BCUT2D eigenvalue weighted by molar-refractivity contribution is 5.93. The van der Waals surface area contributed by atoms with Gasteiger partial charge in [0.25, 0.3) is 0 Å². The molecule has 0 aliphatic carbocycles. The number of hydrogen-bond donors (Lipinski definition) is 2. The van der Waals surface area contributed by atoms with Crippen LogP contribution in [-0.2, 0) is 11.3 Å². The van der Waals surface area contributed by atoms with Crippen LogP contribution in [0.3, 0.4) is 0 Å². The molecule has 0 saturated heterocycles. The molecule has 0 aromatic heterocycles. The molecule has 5 heteroatoms. The Kier molecular flexibility index (Phi) is 6.07. The van der Waals surface area contributed by atoms with Gasteiger partial charge in [-0.15, -0.1) is 0 Å². The average Bonchev–Trinajstić information content (AvgIpc) is 2.61. The minimum absolute atomic E-state index is 0.0350. The van der Waals surface area contributed by atoms with Crippen molar-refractivity contribution in [1.82, 2.24) is 0 Å². The first-order chi connectivity index (χ1) is 11.5. The van der Waals surface area contributed by atoms with E-state index in [2.05, 4.69) is 10.6 Å². The van der Waals surface area contributed by atoms with Crippen molar-refractivity contribution in [3.05, 3.63) is 48.0 Å². The van der Waals surface area contributed by atoms with Crippen molar-refractivity contribution in [2.75, 3.05) is 24.9 Å². The lowest BCUT2D eigenvalue weighted by Gasteiger charge is -2.14. The van der Waals surface area contributed by atoms with Crippen molar-refractivity contribution in [2.24, 2.45) is 5.92 Å². The number of rotatable bonds is 7. The van der Waals surface area contributed by atoms with E-state index >= 15 is 0 Å². The predicted octanol–water partition coefficient (Wildman–Crippen LogP) is 3.91. The molecule has 0 bridgehead atoms. The minimum atomic E-state index is -0.0809. The van der Waals surface area contributed by atoms with Gasteiger partial charge in [0.2, 0.25) is 5.91 Å². The maximum Gasteiger partial charge on any atom is 0.227 e. The molecule has 0 saturated carbocycles. The summed E-state index contributed by atoms with van der Waals surface area (Å²) in [7, 11) is 3.24. The maximum absolute atomic E-state index is 11.8. The van der Waals surface area contributed by atoms with Gasteiger partial charge in [0.15, 0.2) is 0 Å². The van der Waals surface area contributed by atoms with Crippen LogP contribution in [0.15, 0.2) is 42.5 Å². The quantitative estimate of drug-likeness (QED) is 0.809. The fourth-order valence-electron chi connectivity index (χ4n) is 2.13. The van der Waals surface area contributed by atoms with Gasteiger partial charge in [0.1, 0.15) is 11.5 Å². The third-order valence-corrected chi connectivity index (χ3v) is 3.64. The van der Waals surface area contributed by atoms with Crippen LogP contribution in [0.2, 0.25) is 0 Å². The number of anilines is 2. The summed E-state index contributed by atoms with van der Waals surface area (Å²) in [6.45, 7) is 4.39. The summed E-state index contributed by atoms with van der Waals surface area (Å²) in [5.74, 6) is 1.35. The lowest BCUT2D eigenvalue weighted by atomic mass is 10.2. The second-order valence-electron chi connectivity index (χ2n) is 5.76. The third-order valence-electron chi connectivity index (χ3n) is 3.64. The van der Waals surface area contributed by atoms with Gasteiger partial charge in [-0.25, -0.2) is 0 Å². The third kappa shape index (κ3) is 4.65. The molecule has 0 aliphatic rings. The molecule has 0 heterocycles. The van der Waals surface area contributed by atoms with Gasteiger partial charge in [0, 0.05) is 24.2 Å². The summed E-state index contributed by atoms with van der Waals surface area (Å²) in [6, 6.07) is 13.5. The molecule has 24 heavy (non-hydrogen) atoms. The molecule has 0 atom stereocenters. The molecule has 2 aromatic carbocycles. The fraction of sp³-hybridized carbons (Fsp3) is 0.316. The largest absolute Gasteiger partial charge is 0.497 e. The number of carbonyl (C=O) groups is 1. The van der Waals surface area contributed by atoms with Crippen LogP contribution in [0.5, 0.6) is 11.5 Å². The lowest BCUT2D eigenvalue weighted by Crippen LogP contribution is -2.18. The normalized spacial score (nSPS) is 10.4. The molecule has 0 spiro atoms. The van der Waals surface area contributed by atoms with Crippen molar-refractivity contribution in [3.63, 3.8) is 0 Å². The van der Waals surface area contributed by atoms with Crippen LogP contribution in [0.25, 0.3) is 0 Å². The van der Waals surface area contributed by atoms with E-state index in [1.54, 1.807) is 14.2 Å². The molecule has 2 rings (SSSR count). The van der Waals surface area contributed by atoms with Gasteiger partial charge in [0.05, 0.1) is 19.9 Å². The Balaban J connectivity index is 2.04. The van der Waals surface area contributed by atoms with E-state index in [0.29, 0.717) is 18.0 Å². The molecule has 2 aromatic rings. The smallest absolute Gasteiger partial charge is 0.227 e. The monoisotopic (exact) mass is 328 g/mol. The number of carbonyl (C=O) groups excluding carboxylic acids is 1. The molecule has 1 amide bonds. The minimum Gasteiger partial charge on any atom is -0.497 e. The van der Waals surface area contributed by atoms with Crippen LogP contribution in [0.1, 0.15) is 19.4 Å². The second-order valence-corrected chi connectivity index (χ2v) is 5.76. The van der Waals surface area contributed by atoms with Crippen molar-refractivity contribution in [2.45, 2.75) is 20.4 Å². The van der Waals surface area contributed by atoms with Gasteiger partial charge in [-0.2, -0.15) is 0 Å². The van der Waals surface area contributed by atoms with Gasteiger partial charge in [-0.3, -0.25) is 4.79 Å². The predicted molar refractivity (Wildman–Crippen MR) is 96.8 cm³/mol. The second kappa shape index (κ2) is 8.24. The standard InChI is InChI=1S/C19H24N2O3/c1-13(2)19(22)21-17-10-7-15(11-18(17)24-4)20-12-14-5-8-16(23-3)9-6-14/h5-11,13,20H,12H2,1-4H3,(H,21,22). The van der Waals surface area contributed by atoms with E-state index in [4.69, 9.17) is 9.47 Å². The van der Waals surface area contributed by atoms with Gasteiger partial charge in [-0.05, 0) is 29.8 Å². The molecule has 5 nitrogen and oxygen atoms in total. The lowest BCUT2D eigenvalue weighted by molar-refractivity contribution is -0.118. The Morgan fingerprint density at radius 2 is 1.75 bits per heavy atom. The molecular weight excluding hydrogens is 304 g/mol. The van der Waals surface area contributed by atoms with Crippen LogP contribution in [-0.4, -0.2) is 20.1 Å². The zero-order valence-corrected chi connectivity index (χ0v) is 14.6. The van der Waals surface area contributed by atoms with Gasteiger partial charge in [-0.1, -0.05) is 26.0 Å². The van der Waals surface area contributed by atoms with Crippen LogP contribution in [0, 0.1) is 5.92 Å². The Hall–Kier alpha value is -2.69. The Bertz CT molecular complexity index is 682. The summed E-state index contributed by atoms with van der Waals surface area (Å²) in [6.07, 6.45) is 0. The average molecular weight is 328 g/mol. The Morgan fingerprint density at radius 3 is 2.33 bits per heavy atom. The van der Waals surface area contributed by atoms with Crippen LogP contribution >= 0.6 is 0 Å². The summed E-state index contributed by atoms with van der Waals surface area (Å²) in [5, 5.41) is 6.21. The molecular formula is C19H24N2O3. The highest BCUT2D eigenvalue weighted by Crippen LogP contribution is 2.28. The van der Waals surface area contributed by atoms with Crippen LogP contribution in [0.4, 0.5) is 11.4 Å². The summed E-state index contributed by atoms with van der Waals surface area (Å²) in [5.41, 5.74) is 2.74. The van der Waals surface area contributed by atoms with Gasteiger partial charge < -0.3 is 20.1 Å². The first-order valence-corrected chi connectivity index (χ1v) is 7.89. The number of benzene rings is 2. The number of nitrogens with one attached hydrogen (secondary N) is 2. The van der Waals surface area contributed by atoms with E-state index in [1.807, 2.05) is 56.3 Å². The molecule has 0 unspecified atom stereocenters. The zero-order chi connectivity index (χ0) is 17.5. The van der Waals surface area contributed by atoms with Crippen molar-refractivity contribution in [3.8, 4) is 11.5 Å². The van der Waals surface area contributed by atoms with E-state index in [1.165, 1.54) is 0 Å². The summed E-state index contributed by atoms with van der Waals surface area (Å²) >= 11 is 0. The van der Waals surface area contributed by atoms with E-state index in [0.717, 1.165) is 17.0 Å². The highest BCUT2D eigenvalue weighted by Gasteiger charge is 2.11. The number of hydrogen-bond acceptors (Lipinski definition) is 4. The first-order valence-electron chi connectivity index (χ1n) is 7.89. The Morgan fingerprint density at radius 1 is 1.04 bits per heavy atom. The zero-order valence-electron chi connectivity index (χ0n) is 14.6. The SMILES string of the molecule is COc1ccc(CNc2ccc(NC(=O)C(C)C)c(OC)c2)cc1. The molecule has 0 aliphatic heterocycles. The summed E-state index contributed by atoms with van der Waals surface area (Å²) in [4.78, 5) is 11.8. The number of amides is 1.